The molecular formula is C16H20N4O2S. The van der Waals surface area contributed by atoms with Gasteiger partial charge in [0.25, 0.3) is 5.91 Å². The number of nitrogens with one attached hydrogen (secondary N) is 1. The van der Waals surface area contributed by atoms with E-state index in [-0.39, 0.29) is 5.91 Å². The molecule has 122 valence electrons. The van der Waals surface area contributed by atoms with E-state index >= 15 is 0 Å². The van der Waals surface area contributed by atoms with Crippen molar-refractivity contribution in [3.05, 3.63) is 28.5 Å². The maximum absolute atomic E-state index is 12.5. The summed E-state index contributed by atoms with van der Waals surface area (Å²) in [6.45, 7) is 1.59. The van der Waals surface area contributed by atoms with Crippen molar-refractivity contribution in [2.24, 2.45) is 7.05 Å². The lowest BCUT2D eigenvalue weighted by Crippen LogP contribution is -2.15. The van der Waals surface area contributed by atoms with Crippen LogP contribution in [0.1, 0.15) is 59.3 Å². The van der Waals surface area contributed by atoms with E-state index in [1.54, 1.807) is 10.9 Å². The van der Waals surface area contributed by atoms with Crippen molar-refractivity contribution >= 4 is 22.4 Å². The Bertz CT molecular complexity index is 713. The number of thiazole rings is 1. The van der Waals surface area contributed by atoms with Crippen LogP contribution in [-0.4, -0.2) is 33.9 Å². The maximum Gasteiger partial charge on any atom is 0.260 e. The molecule has 1 aliphatic heterocycles. The first-order valence-corrected chi connectivity index (χ1v) is 8.96. The van der Waals surface area contributed by atoms with Crippen molar-refractivity contribution < 1.29 is 9.53 Å². The minimum atomic E-state index is -0.104. The number of hydrogen-bond acceptors (Lipinski definition) is 5. The number of ether oxygens (including phenoxy) is 1. The van der Waals surface area contributed by atoms with Gasteiger partial charge in [0.1, 0.15) is 0 Å². The molecule has 6 nitrogen and oxygen atoms in total. The first kappa shape index (κ1) is 14.8. The smallest absolute Gasteiger partial charge is 0.260 e. The largest absolute Gasteiger partial charge is 0.381 e. The third-order valence-electron chi connectivity index (χ3n) is 4.45. The normalized spacial score (nSPS) is 19.0. The Hall–Kier alpha value is -1.73. The van der Waals surface area contributed by atoms with Crippen molar-refractivity contribution in [2.75, 3.05) is 18.5 Å². The summed E-state index contributed by atoms with van der Waals surface area (Å²) >= 11 is 1.49. The molecule has 0 spiro atoms. The Morgan fingerprint density at radius 1 is 1.30 bits per heavy atom. The van der Waals surface area contributed by atoms with E-state index in [2.05, 4.69) is 20.8 Å². The maximum atomic E-state index is 12.5. The molecule has 0 radical (unpaired) electrons. The van der Waals surface area contributed by atoms with Crippen LogP contribution < -0.4 is 5.32 Å². The quantitative estimate of drug-likeness (QED) is 0.935. The third-order valence-corrected chi connectivity index (χ3v) is 5.22. The second kappa shape index (κ2) is 6.05. The van der Waals surface area contributed by atoms with Crippen LogP contribution in [0.2, 0.25) is 0 Å². The molecule has 1 amide bonds. The fraction of sp³-hybridized carbons (Fsp3) is 0.562. The van der Waals surface area contributed by atoms with E-state index in [0.29, 0.717) is 22.5 Å². The van der Waals surface area contributed by atoms with Crippen molar-refractivity contribution in [1.82, 2.24) is 14.8 Å². The molecule has 0 aromatic carbocycles. The predicted molar refractivity (Wildman–Crippen MR) is 88.0 cm³/mol. The summed E-state index contributed by atoms with van der Waals surface area (Å²) in [4.78, 5) is 17.1. The SMILES string of the molecule is Cn1cc(C(=O)Nc2nc(C3CCOCC3)cs2)c(C2CC2)n1. The van der Waals surface area contributed by atoms with E-state index in [4.69, 9.17) is 4.74 Å². The zero-order valence-corrected chi connectivity index (χ0v) is 13.9. The number of aromatic nitrogens is 3. The topological polar surface area (TPSA) is 69.0 Å². The Morgan fingerprint density at radius 2 is 2.09 bits per heavy atom. The van der Waals surface area contributed by atoms with Gasteiger partial charge in [0.15, 0.2) is 5.13 Å². The van der Waals surface area contributed by atoms with Crippen molar-refractivity contribution in [3.63, 3.8) is 0 Å². The lowest BCUT2D eigenvalue weighted by molar-refractivity contribution is 0.0846. The first-order chi connectivity index (χ1) is 11.2. The molecule has 7 heteroatoms. The van der Waals surface area contributed by atoms with Gasteiger partial charge in [0.2, 0.25) is 0 Å². The van der Waals surface area contributed by atoms with Gasteiger partial charge < -0.3 is 4.74 Å². The van der Waals surface area contributed by atoms with Gasteiger partial charge in [-0.05, 0) is 25.7 Å². The molecule has 0 bridgehead atoms. The Morgan fingerprint density at radius 3 is 2.83 bits per heavy atom. The highest BCUT2D eigenvalue weighted by atomic mass is 32.1. The van der Waals surface area contributed by atoms with Gasteiger partial charge in [-0.2, -0.15) is 5.10 Å². The summed E-state index contributed by atoms with van der Waals surface area (Å²) in [5.41, 5.74) is 2.67. The van der Waals surface area contributed by atoms with Gasteiger partial charge in [0.05, 0.1) is 17.0 Å². The molecule has 2 aliphatic rings. The number of anilines is 1. The number of amides is 1. The minimum Gasteiger partial charge on any atom is -0.381 e. The van der Waals surface area contributed by atoms with Crippen LogP contribution in [0, 0.1) is 0 Å². The van der Waals surface area contributed by atoms with Gasteiger partial charge in [-0.25, -0.2) is 4.98 Å². The van der Waals surface area contributed by atoms with Gasteiger partial charge in [-0.3, -0.25) is 14.8 Å². The van der Waals surface area contributed by atoms with E-state index in [1.807, 2.05) is 7.05 Å². The average molecular weight is 332 g/mol. The molecule has 2 fully saturated rings. The fourth-order valence-electron chi connectivity index (χ4n) is 3.03. The second-order valence-corrected chi connectivity index (χ2v) is 7.15. The Balaban J connectivity index is 1.47. The zero-order valence-electron chi connectivity index (χ0n) is 13.1. The van der Waals surface area contributed by atoms with Gasteiger partial charge in [-0.1, -0.05) is 0 Å². The van der Waals surface area contributed by atoms with Crippen LogP contribution in [0.3, 0.4) is 0 Å². The van der Waals surface area contributed by atoms with E-state index in [1.165, 1.54) is 11.3 Å². The monoisotopic (exact) mass is 332 g/mol. The molecule has 1 aliphatic carbocycles. The van der Waals surface area contributed by atoms with Crippen LogP contribution in [0.5, 0.6) is 0 Å². The molecule has 1 saturated carbocycles. The van der Waals surface area contributed by atoms with Gasteiger partial charge in [0, 0.05) is 43.7 Å². The Kier molecular flexibility index (Phi) is 3.90. The molecule has 4 rings (SSSR count). The van der Waals surface area contributed by atoms with Crippen LogP contribution in [-0.2, 0) is 11.8 Å². The number of carbonyl (C=O) groups is 1. The summed E-state index contributed by atoms with van der Waals surface area (Å²) in [6.07, 6.45) is 6.07. The number of aryl methyl sites for hydroxylation is 1. The number of hydrogen-bond donors (Lipinski definition) is 1. The Labute approximate surface area is 138 Å². The highest BCUT2D eigenvalue weighted by molar-refractivity contribution is 7.14. The predicted octanol–water partition coefficient (Wildman–Crippen LogP) is 2.90. The van der Waals surface area contributed by atoms with Crippen LogP contribution in [0.25, 0.3) is 0 Å². The molecule has 3 heterocycles. The molecule has 0 atom stereocenters. The van der Waals surface area contributed by atoms with Crippen LogP contribution >= 0.6 is 11.3 Å². The van der Waals surface area contributed by atoms with Crippen LogP contribution in [0.15, 0.2) is 11.6 Å². The summed E-state index contributed by atoms with van der Waals surface area (Å²) in [5, 5.41) is 10.1. The molecule has 2 aromatic rings. The molecule has 1 N–H and O–H groups in total. The third kappa shape index (κ3) is 3.16. The summed E-state index contributed by atoms with van der Waals surface area (Å²) in [6, 6.07) is 0. The summed E-state index contributed by atoms with van der Waals surface area (Å²) < 4.78 is 7.11. The highest BCUT2D eigenvalue weighted by Gasteiger charge is 2.31. The van der Waals surface area contributed by atoms with E-state index in [9.17, 15) is 4.79 Å². The van der Waals surface area contributed by atoms with Gasteiger partial charge in [-0.15, -0.1) is 11.3 Å². The molecular weight excluding hydrogens is 312 g/mol. The van der Waals surface area contributed by atoms with E-state index in [0.717, 1.165) is 50.3 Å². The number of rotatable bonds is 4. The lowest BCUT2D eigenvalue weighted by atomic mass is 9.98. The standard InChI is InChI=1S/C16H20N4O2S/c1-20-8-12(14(19-20)11-2-3-11)15(21)18-16-17-13(9-23-16)10-4-6-22-7-5-10/h8-11H,2-7H2,1H3,(H,17,18,21). The van der Waals surface area contributed by atoms with Crippen molar-refractivity contribution in [3.8, 4) is 0 Å². The fourth-order valence-corrected chi connectivity index (χ4v) is 3.82. The first-order valence-electron chi connectivity index (χ1n) is 8.09. The minimum absolute atomic E-state index is 0.104. The van der Waals surface area contributed by atoms with Crippen LogP contribution in [0.4, 0.5) is 5.13 Å². The summed E-state index contributed by atoms with van der Waals surface area (Å²) in [7, 11) is 1.86. The molecule has 1 saturated heterocycles. The number of nitrogens with zero attached hydrogens (tertiary/aromatic N) is 3. The lowest BCUT2D eigenvalue weighted by Gasteiger charge is -2.19. The summed E-state index contributed by atoms with van der Waals surface area (Å²) in [5.74, 6) is 0.796. The molecule has 23 heavy (non-hydrogen) atoms. The van der Waals surface area contributed by atoms with E-state index < -0.39 is 0 Å². The molecule has 2 aromatic heterocycles. The average Bonchev–Trinajstić information content (AvgIpc) is 3.18. The highest BCUT2D eigenvalue weighted by Crippen LogP contribution is 2.40. The number of carbonyl (C=O) groups excluding carboxylic acids is 1. The zero-order chi connectivity index (χ0) is 15.8. The second-order valence-electron chi connectivity index (χ2n) is 6.29. The van der Waals surface area contributed by atoms with Crippen molar-refractivity contribution in [2.45, 2.75) is 37.5 Å². The van der Waals surface area contributed by atoms with Crippen molar-refractivity contribution in [1.29, 1.82) is 0 Å². The molecule has 0 unspecified atom stereocenters. The van der Waals surface area contributed by atoms with Gasteiger partial charge >= 0.3 is 0 Å².